The molecule has 0 aliphatic carbocycles. The molecule has 1 N–H and O–H groups in total. The number of amides is 1. The van der Waals surface area contributed by atoms with Gasteiger partial charge in [0.05, 0.1) is 23.5 Å². The minimum absolute atomic E-state index is 0. The third-order valence-corrected chi connectivity index (χ3v) is 4.29. The molecule has 1 aliphatic heterocycles. The molecule has 2 aromatic heterocycles. The van der Waals surface area contributed by atoms with Gasteiger partial charge in [0.15, 0.2) is 5.96 Å². The van der Waals surface area contributed by atoms with Crippen molar-refractivity contribution in [2.45, 2.75) is 0 Å². The molecule has 1 saturated heterocycles. The van der Waals surface area contributed by atoms with Crippen molar-refractivity contribution < 1.29 is 9.53 Å². The first kappa shape index (κ1) is 22.2. The number of piperazine rings is 1. The van der Waals surface area contributed by atoms with Gasteiger partial charge in [-0.15, -0.1) is 24.0 Å². The lowest BCUT2D eigenvalue weighted by molar-refractivity contribution is -0.120. The van der Waals surface area contributed by atoms with Gasteiger partial charge < -0.3 is 19.9 Å². The molecule has 9 nitrogen and oxygen atoms in total. The van der Waals surface area contributed by atoms with Gasteiger partial charge in [-0.1, -0.05) is 11.6 Å². The summed E-state index contributed by atoms with van der Waals surface area (Å²) in [7, 11) is 3.53. The number of rotatable bonds is 5. The number of guanidine groups is 1. The molecule has 2 aromatic rings. The number of aromatic nitrogens is 3. The van der Waals surface area contributed by atoms with Gasteiger partial charge >= 0.3 is 0 Å². The smallest absolute Gasteiger partial charge is 0.246 e. The molecule has 0 saturated carbocycles. The number of ether oxygens (including phenoxy) is 1. The number of anilines is 1. The summed E-state index contributed by atoms with van der Waals surface area (Å²) in [4.78, 5) is 24.5. The Hall–Kier alpha value is -2.08. The third kappa shape index (κ3) is 5.71. The quantitative estimate of drug-likeness (QED) is 0.278. The SMILES string of the molecule is CN=C(NCCOc1ccc(Cl)cn1)N1CCN(c2cnn(C)c2)C(=O)C1.I. The molecule has 0 spiro atoms. The molecule has 0 atom stereocenters. The average molecular weight is 520 g/mol. The van der Waals surface area contributed by atoms with E-state index >= 15 is 0 Å². The summed E-state index contributed by atoms with van der Waals surface area (Å²) in [5, 5.41) is 7.90. The molecular formula is C17H23ClIN7O2. The Morgan fingerprint density at radius 2 is 2.18 bits per heavy atom. The molecule has 1 amide bonds. The highest BCUT2D eigenvalue weighted by Gasteiger charge is 2.27. The lowest BCUT2D eigenvalue weighted by atomic mass is 10.3. The van der Waals surface area contributed by atoms with E-state index in [9.17, 15) is 4.79 Å². The maximum Gasteiger partial charge on any atom is 0.246 e. The minimum Gasteiger partial charge on any atom is -0.476 e. The lowest BCUT2D eigenvalue weighted by Gasteiger charge is -2.35. The maximum absolute atomic E-state index is 12.5. The van der Waals surface area contributed by atoms with Crippen LogP contribution in [0.1, 0.15) is 0 Å². The second-order valence-corrected chi connectivity index (χ2v) is 6.41. The predicted molar refractivity (Wildman–Crippen MR) is 119 cm³/mol. The zero-order chi connectivity index (χ0) is 19.2. The van der Waals surface area contributed by atoms with Crippen LogP contribution >= 0.6 is 35.6 Å². The topological polar surface area (TPSA) is 87.9 Å². The second kappa shape index (κ2) is 10.5. The number of nitrogens with zero attached hydrogens (tertiary/aromatic N) is 6. The zero-order valence-electron chi connectivity index (χ0n) is 15.7. The van der Waals surface area contributed by atoms with Gasteiger partial charge in [0.25, 0.3) is 0 Å². The van der Waals surface area contributed by atoms with Crippen molar-refractivity contribution in [1.82, 2.24) is 25.0 Å². The Bertz CT molecular complexity index is 812. The number of nitrogens with one attached hydrogen (secondary N) is 1. The number of hydrogen-bond acceptors (Lipinski definition) is 5. The number of carbonyl (C=O) groups excluding carboxylic acids is 1. The van der Waals surface area contributed by atoms with Crippen LogP contribution in [0.4, 0.5) is 5.69 Å². The van der Waals surface area contributed by atoms with Crippen LogP contribution in [0.15, 0.2) is 35.7 Å². The van der Waals surface area contributed by atoms with E-state index in [1.807, 2.05) is 18.1 Å². The van der Waals surface area contributed by atoms with E-state index in [1.165, 1.54) is 6.20 Å². The number of pyridine rings is 1. The van der Waals surface area contributed by atoms with Crippen LogP contribution in [-0.2, 0) is 11.8 Å². The van der Waals surface area contributed by atoms with Crippen molar-refractivity contribution in [2.24, 2.45) is 12.0 Å². The first-order valence-electron chi connectivity index (χ1n) is 8.56. The Morgan fingerprint density at radius 3 is 2.79 bits per heavy atom. The van der Waals surface area contributed by atoms with Crippen LogP contribution in [0, 0.1) is 0 Å². The standard InChI is InChI=1S/C17H22ClN7O2.HI/c1-19-17(20-5-8-27-15-4-3-13(18)9-21-15)24-6-7-25(16(26)12-24)14-10-22-23(2)11-14;/h3-4,9-11H,5-8,12H2,1-2H3,(H,19,20);1H. The molecule has 0 radical (unpaired) electrons. The molecule has 1 fully saturated rings. The molecule has 3 heterocycles. The van der Waals surface area contributed by atoms with Gasteiger partial charge in [-0.05, 0) is 6.07 Å². The monoisotopic (exact) mass is 519 g/mol. The van der Waals surface area contributed by atoms with Crippen molar-refractivity contribution in [3.8, 4) is 5.88 Å². The second-order valence-electron chi connectivity index (χ2n) is 5.98. The normalized spacial score (nSPS) is 14.7. The van der Waals surface area contributed by atoms with Crippen LogP contribution in [0.2, 0.25) is 5.02 Å². The van der Waals surface area contributed by atoms with Crippen LogP contribution in [0.3, 0.4) is 0 Å². The van der Waals surface area contributed by atoms with Gasteiger partial charge in [-0.3, -0.25) is 14.5 Å². The Kier molecular flexibility index (Phi) is 8.30. The van der Waals surface area contributed by atoms with Crippen molar-refractivity contribution >= 4 is 53.1 Å². The average Bonchev–Trinajstić information content (AvgIpc) is 3.09. The van der Waals surface area contributed by atoms with Gasteiger partial charge in [-0.25, -0.2) is 4.98 Å². The summed E-state index contributed by atoms with van der Waals surface area (Å²) in [6.45, 7) is 2.47. The molecule has 152 valence electrons. The first-order chi connectivity index (χ1) is 13.1. The van der Waals surface area contributed by atoms with E-state index < -0.39 is 0 Å². The van der Waals surface area contributed by atoms with E-state index in [-0.39, 0.29) is 36.4 Å². The first-order valence-corrected chi connectivity index (χ1v) is 8.93. The van der Waals surface area contributed by atoms with E-state index in [0.717, 1.165) is 5.69 Å². The van der Waals surface area contributed by atoms with E-state index in [1.54, 1.807) is 35.0 Å². The summed E-state index contributed by atoms with van der Waals surface area (Å²) >= 11 is 5.79. The van der Waals surface area contributed by atoms with Crippen LogP contribution in [-0.4, -0.2) is 71.4 Å². The summed E-state index contributed by atoms with van der Waals surface area (Å²) in [5.41, 5.74) is 0.814. The highest BCUT2D eigenvalue weighted by Crippen LogP contribution is 2.16. The summed E-state index contributed by atoms with van der Waals surface area (Å²) in [5.74, 6) is 1.19. The van der Waals surface area contributed by atoms with Gasteiger partial charge in [0.1, 0.15) is 13.2 Å². The third-order valence-electron chi connectivity index (χ3n) is 4.07. The van der Waals surface area contributed by atoms with E-state index in [2.05, 4.69) is 20.4 Å². The minimum atomic E-state index is 0. The van der Waals surface area contributed by atoms with Crippen molar-refractivity contribution in [1.29, 1.82) is 0 Å². The largest absolute Gasteiger partial charge is 0.476 e. The fourth-order valence-corrected chi connectivity index (χ4v) is 2.88. The van der Waals surface area contributed by atoms with Gasteiger partial charge in [0.2, 0.25) is 11.8 Å². The highest BCUT2D eigenvalue weighted by molar-refractivity contribution is 14.0. The molecule has 0 aromatic carbocycles. The molecule has 0 bridgehead atoms. The summed E-state index contributed by atoms with van der Waals surface area (Å²) in [6, 6.07) is 3.44. The fraction of sp³-hybridized carbons (Fsp3) is 0.412. The van der Waals surface area contributed by atoms with Crippen LogP contribution in [0.5, 0.6) is 5.88 Å². The van der Waals surface area contributed by atoms with Crippen molar-refractivity contribution in [3.05, 3.63) is 35.7 Å². The van der Waals surface area contributed by atoms with E-state index in [4.69, 9.17) is 16.3 Å². The lowest BCUT2D eigenvalue weighted by Crippen LogP contribution is -2.55. The van der Waals surface area contributed by atoms with Gasteiger partial charge in [0, 0.05) is 45.6 Å². The Balaban J connectivity index is 0.00000280. The Labute approximate surface area is 185 Å². The van der Waals surface area contributed by atoms with Crippen LogP contribution in [0.25, 0.3) is 0 Å². The fourth-order valence-electron chi connectivity index (χ4n) is 2.77. The zero-order valence-corrected chi connectivity index (χ0v) is 18.8. The summed E-state index contributed by atoms with van der Waals surface area (Å²) < 4.78 is 7.24. The molecular weight excluding hydrogens is 497 g/mol. The van der Waals surface area contributed by atoms with E-state index in [0.29, 0.717) is 43.1 Å². The number of carbonyl (C=O) groups is 1. The molecule has 3 rings (SSSR count). The number of hydrogen-bond donors (Lipinski definition) is 1. The summed E-state index contributed by atoms with van der Waals surface area (Å²) in [6.07, 6.45) is 5.07. The number of aliphatic imine (C=N–C) groups is 1. The number of halogens is 2. The predicted octanol–water partition coefficient (Wildman–Crippen LogP) is 1.39. The van der Waals surface area contributed by atoms with Gasteiger partial charge in [-0.2, -0.15) is 5.10 Å². The Morgan fingerprint density at radius 1 is 1.36 bits per heavy atom. The maximum atomic E-state index is 12.5. The van der Waals surface area contributed by atoms with Crippen molar-refractivity contribution in [2.75, 3.05) is 44.7 Å². The van der Waals surface area contributed by atoms with Crippen molar-refractivity contribution in [3.63, 3.8) is 0 Å². The molecule has 11 heteroatoms. The molecule has 1 aliphatic rings. The number of aryl methyl sites for hydroxylation is 1. The highest BCUT2D eigenvalue weighted by atomic mass is 127. The molecule has 28 heavy (non-hydrogen) atoms. The van der Waals surface area contributed by atoms with Crippen LogP contribution < -0.4 is 15.0 Å². The molecule has 0 unspecified atom stereocenters.